The molecule has 1 aromatic carbocycles. The van der Waals surface area contributed by atoms with Gasteiger partial charge in [0.15, 0.2) is 5.78 Å². The van der Waals surface area contributed by atoms with Gasteiger partial charge in [-0.2, -0.15) is 0 Å². The van der Waals surface area contributed by atoms with Crippen molar-refractivity contribution in [1.29, 1.82) is 5.41 Å². The largest absolute Gasteiger partial charge is 0.481 e. The SMILES string of the molecule is CC(=O)N[C@@H](CC(=O)O)C(=O)N[C@@H](CCC(=O)C=N)C(=O)NCc1ccc(C)cc1. The molecular formula is C20H26N4O6. The number of amides is 3. The number of aliphatic carboxylic acids is 1. The first-order chi connectivity index (χ1) is 14.1. The van der Waals surface area contributed by atoms with Crippen molar-refractivity contribution in [2.75, 3.05) is 0 Å². The second kappa shape index (κ2) is 12.1. The van der Waals surface area contributed by atoms with Gasteiger partial charge in [0.05, 0.1) is 12.6 Å². The third-order valence-corrected chi connectivity index (χ3v) is 4.13. The molecule has 0 aliphatic carbocycles. The van der Waals surface area contributed by atoms with Crippen LogP contribution in [0.5, 0.6) is 0 Å². The predicted octanol–water partition coefficient (Wildman–Crippen LogP) is 0.0743. The number of hydrogen-bond acceptors (Lipinski definition) is 6. The van der Waals surface area contributed by atoms with Crippen molar-refractivity contribution in [2.24, 2.45) is 0 Å². The number of carboxylic acids is 1. The Morgan fingerprint density at radius 2 is 1.67 bits per heavy atom. The van der Waals surface area contributed by atoms with E-state index in [1.54, 1.807) is 0 Å². The molecule has 3 amide bonds. The first-order valence-electron chi connectivity index (χ1n) is 9.28. The first-order valence-corrected chi connectivity index (χ1v) is 9.28. The molecule has 0 bridgehead atoms. The first kappa shape index (κ1) is 24.5. The number of aryl methyl sites for hydroxylation is 1. The lowest BCUT2D eigenvalue weighted by atomic mass is 10.1. The van der Waals surface area contributed by atoms with Gasteiger partial charge in [0.25, 0.3) is 0 Å². The summed E-state index contributed by atoms with van der Waals surface area (Å²) in [5.41, 5.74) is 1.89. The highest BCUT2D eigenvalue weighted by Crippen LogP contribution is 2.05. The Kier molecular flexibility index (Phi) is 9.87. The van der Waals surface area contributed by atoms with E-state index >= 15 is 0 Å². The van der Waals surface area contributed by atoms with Gasteiger partial charge < -0.3 is 26.5 Å². The third-order valence-electron chi connectivity index (χ3n) is 4.13. The minimum Gasteiger partial charge on any atom is -0.481 e. The Bertz CT molecular complexity index is 790. The monoisotopic (exact) mass is 418 g/mol. The zero-order valence-electron chi connectivity index (χ0n) is 16.9. The summed E-state index contributed by atoms with van der Waals surface area (Å²) < 4.78 is 0. The summed E-state index contributed by atoms with van der Waals surface area (Å²) in [4.78, 5) is 58.7. The summed E-state index contributed by atoms with van der Waals surface area (Å²) in [5.74, 6) is -3.85. The van der Waals surface area contributed by atoms with Gasteiger partial charge >= 0.3 is 5.97 Å². The molecule has 1 aromatic rings. The number of benzene rings is 1. The molecule has 5 N–H and O–H groups in total. The summed E-state index contributed by atoms with van der Waals surface area (Å²) in [5, 5.41) is 23.2. The Labute approximate surface area is 173 Å². The summed E-state index contributed by atoms with van der Waals surface area (Å²) in [6.45, 7) is 3.25. The van der Waals surface area contributed by atoms with Crippen LogP contribution in [0.3, 0.4) is 0 Å². The molecule has 0 aliphatic heterocycles. The van der Waals surface area contributed by atoms with Crippen LogP contribution < -0.4 is 16.0 Å². The molecule has 0 spiro atoms. The number of carbonyl (C=O) groups excluding carboxylic acids is 4. The van der Waals surface area contributed by atoms with Crippen molar-refractivity contribution in [1.82, 2.24) is 16.0 Å². The number of hydrogen-bond donors (Lipinski definition) is 5. The second-order valence-corrected chi connectivity index (χ2v) is 6.76. The molecule has 1 rings (SSSR count). The second-order valence-electron chi connectivity index (χ2n) is 6.76. The van der Waals surface area contributed by atoms with E-state index in [1.807, 2.05) is 31.2 Å². The van der Waals surface area contributed by atoms with Crippen LogP contribution in [0.2, 0.25) is 0 Å². The van der Waals surface area contributed by atoms with E-state index in [9.17, 15) is 24.0 Å². The van der Waals surface area contributed by atoms with Gasteiger partial charge in [0, 0.05) is 19.9 Å². The molecule has 10 nitrogen and oxygen atoms in total. The molecule has 0 aliphatic rings. The normalized spacial score (nSPS) is 12.2. The van der Waals surface area contributed by atoms with Gasteiger partial charge in [0.2, 0.25) is 17.7 Å². The fourth-order valence-corrected chi connectivity index (χ4v) is 2.55. The predicted molar refractivity (Wildman–Crippen MR) is 108 cm³/mol. The number of carboxylic acid groups (broad SMARTS) is 1. The summed E-state index contributed by atoms with van der Waals surface area (Å²) >= 11 is 0. The lowest BCUT2D eigenvalue weighted by Gasteiger charge is -2.22. The highest BCUT2D eigenvalue weighted by Gasteiger charge is 2.28. The molecule has 0 saturated heterocycles. The molecule has 0 saturated carbocycles. The van der Waals surface area contributed by atoms with Crippen LogP contribution in [0.1, 0.15) is 37.3 Å². The average Bonchev–Trinajstić information content (AvgIpc) is 2.68. The Hall–Kier alpha value is -3.56. The zero-order valence-corrected chi connectivity index (χ0v) is 16.9. The Balaban J connectivity index is 2.86. The van der Waals surface area contributed by atoms with Gasteiger partial charge in [-0.15, -0.1) is 0 Å². The minimum atomic E-state index is -1.37. The number of ketones is 1. The van der Waals surface area contributed by atoms with Crippen LogP contribution in [0.4, 0.5) is 0 Å². The minimum absolute atomic E-state index is 0.0838. The molecule has 0 heterocycles. The molecular weight excluding hydrogens is 392 g/mol. The summed E-state index contributed by atoms with van der Waals surface area (Å²) in [6.07, 6.45) is -0.286. The number of Topliss-reactive ketones (excluding diaryl/α,β-unsaturated/α-hetero) is 1. The average molecular weight is 418 g/mol. The maximum Gasteiger partial charge on any atom is 0.305 e. The van der Waals surface area contributed by atoms with Crippen molar-refractivity contribution < 1.29 is 29.1 Å². The molecule has 0 radical (unpaired) electrons. The molecule has 0 aromatic heterocycles. The topological polar surface area (TPSA) is 166 Å². The van der Waals surface area contributed by atoms with Crippen LogP contribution in [-0.2, 0) is 30.5 Å². The molecule has 0 unspecified atom stereocenters. The lowest BCUT2D eigenvalue weighted by Crippen LogP contribution is -2.54. The number of carbonyl (C=O) groups is 5. The van der Waals surface area contributed by atoms with E-state index in [0.29, 0.717) is 6.21 Å². The van der Waals surface area contributed by atoms with Gasteiger partial charge in [0.1, 0.15) is 12.1 Å². The van der Waals surface area contributed by atoms with E-state index in [4.69, 9.17) is 10.5 Å². The maximum atomic E-state index is 12.6. The van der Waals surface area contributed by atoms with Crippen LogP contribution in [0.15, 0.2) is 24.3 Å². The molecule has 2 atom stereocenters. The number of rotatable bonds is 12. The van der Waals surface area contributed by atoms with Crippen molar-refractivity contribution in [2.45, 2.75) is 51.7 Å². The van der Waals surface area contributed by atoms with E-state index in [1.165, 1.54) is 0 Å². The molecule has 10 heteroatoms. The van der Waals surface area contributed by atoms with Crippen LogP contribution >= 0.6 is 0 Å². The van der Waals surface area contributed by atoms with Crippen molar-refractivity contribution >= 4 is 35.7 Å². The standard InChI is InChI=1S/C20H26N4O6/c1-12-3-5-14(6-4-12)11-22-19(29)16(8-7-15(26)10-21)24-20(30)17(9-18(27)28)23-13(2)25/h3-6,10,16-17,21H,7-9,11H2,1-2H3,(H,22,29)(H,23,25)(H,24,30)(H,27,28)/t16-,17-/m0/s1. The Morgan fingerprint density at radius 3 is 2.20 bits per heavy atom. The summed E-state index contributed by atoms with van der Waals surface area (Å²) in [7, 11) is 0. The molecule has 0 fully saturated rings. The zero-order chi connectivity index (χ0) is 22.7. The van der Waals surface area contributed by atoms with Crippen LogP contribution in [0.25, 0.3) is 0 Å². The molecule has 162 valence electrons. The fourth-order valence-electron chi connectivity index (χ4n) is 2.55. The highest BCUT2D eigenvalue weighted by atomic mass is 16.4. The van der Waals surface area contributed by atoms with E-state index in [-0.39, 0.29) is 19.4 Å². The van der Waals surface area contributed by atoms with Gasteiger partial charge in [-0.1, -0.05) is 29.8 Å². The smallest absolute Gasteiger partial charge is 0.305 e. The summed E-state index contributed by atoms with van der Waals surface area (Å²) in [6, 6.07) is 4.92. The highest BCUT2D eigenvalue weighted by molar-refractivity contribution is 6.26. The van der Waals surface area contributed by atoms with Gasteiger partial charge in [-0.25, -0.2) is 0 Å². The van der Waals surface area contributed by atoms with E-state index < -0.39 is 48.0 Å². The number of nitrogens with one attached hydrogen (secondary N) is 4. The van der Waals surface area contributed by atoms with Crippen molar-refractivity contribution in [3.63, 3.8) is 0 Å². The third kappa shape index (κ3) is 9.09. The van der Waals surface area contributed by atoms with E-state index in [2.05, 4.69) is 16.0 Å². The molecule has 30 heavy (non-hydrogen) atoms. The maximum absolute atomic E-state index is 12.6. The lowest BCUT2D eigenvalue weighted by molar-refractivity contribution is -0.140. The van der Waals surface area contributed by atoms with Crippen molar-refractivity contribution in [3.05, 3.63) is 35.4 Å². The quantitative estimate of drug-likeness (QED) is 0.301. The van der Waals surface area contributed by atoms with Gasteiger partial charge in [-0.3, -0.25) is 24.0 Å². The fraction of sp³-hybridized carbons (Fsp3) is 0.400. The van der Waals surface area contributed by atoms with Crippen molar-refractivity contribution in [3.8, 4) is 0 Å². The Morgan fingerprint density at radius 1 is 1.03 bits per heavy atom. The van der Waals surface area contributed by atoms with Gasteiger partial charge in [-0.05, 0) is 18.9 Å². The van der Waals surface area contributed by atoms with E-state index in [0.717, 1.165) is 18.1 Å². The van der Waals surface area contributed by atoms with Crippen LogP contribution in [0, 0.1) is 12.3 Å². The van der Waals surface area contributed by atoms with Crippen LogP contribution in [-0.4, -0.2) is 52.9 Å².